The van der Waals surface area contributed by atoms with E-state index in [1.165, 1.54) is 19.4 Å². The third-order valence-corrected chi connectivity index (χ3v) is 1.51. The van der Waals surface area contributed by atoms with Gasteiger partial charge in [0.05, 0.1) is 11.9 Å². The summed E-state index contributed by atoms with van der Waals surface area (Å²) in [6.45, 7) is 1.84. The summed E-state index contributed by atoms with van der Waals surface area (Å²) in [6, 6.07) is 0. The zero-order valence-electron chi connectivity index (χ0n) is 7.78. The minimum atomic E-state index is -0.195. The lowest BCUT2D eigenvalue weighted by atomic mass is 10.3. The summed E-state index contributed by atoms with van der Waals surface area (Å²) >= 11 is 0. The monoisotopic (exact) mass is 193 g/mol. The Morgan fingerprint density at radius 1 is 1.71 bits per heavy atom. The van der Waals surface area contributed by atoms with Crippen molar-refractivity contribution in [3.05, 3.63) is 34.5 Å². The van der Waals surface area contributed by atoms with Crippen molar-refractivity contribution in [2.45, 2.75) is 6.92 Å². The number of hydrogen-bond donors (Lipinski definition) is 2. The number of carbonyl (C=O) groups excluding carboxylic acids is 1. The van der Waals surface area contributed by atoms with Crippen LogP contribution in [0.4, 0.5) is 0 Å². The number of aromatic nitrogens is 2. The average Bonchev–Trinajstić information content (AvgIpc) is 2.15. The van der Waals surface area contributed by atoms with Crippen LogP contribution >= 0.6 is 0 Å². The number of H-pyrrole nitrogens is 1. The van der Waals surface area contributed by atoms with Crippen LogP contribution in [0, 0.1) is 0 Å². The number of rotatable bonds is 3. The highest BCUT2D eigenvalue weighted by Gasteiger charge is 1.91. The van der Waals surface area contributed by atoms with Crippen molar-refractivity contribution in [1.82, 2.24) is 15.3 Å². The van der Waals surface area contributed by atoms with Crippen LogP contribution in [0.1, 0.15) is 12.5 Å². The Balaban J connectivity index is 2.56. The highest BCUT2D eigenvalue weighted by molar-refractivity contribution is 5.73. The van der Waals surface area contributed by atoms with Crippen molar-refractivity contribution in [2.24, 2.45) is 0 Å². The summed E-state index contributed by atoms with van der Waals surface area (Å²) in [5, 5.41) is 2.58. The first kappa shape index (κ1) is 10.2. The van der Waals surface area contributed by atoms with Gasteiger partial charge in [0.1, 0.15) is 0 Å². The van der Waals surface area contributed by atoms with Gasteiger partial charge in [-0.1, -0.05) is 12.2 Å². The maximum Gasteiger partial charge on any atom is 0.257 e. The van der Waals surface area contributed by atoms with Crippen molar-refractivity contribution < 1.29 is 4.79 Å². The molecular formula is C9H11N3O2. The van der Waals surface area contributed by atoms with E-state index in [9.17, 15) is 9.59 Å². The molecule has 0 unspecified atom stereocenters. The van der Waals surface area contributed by atoms with E-state index in [0.29, 0.717) is 12.1 Å². The predicted molar refractivity (Wildman–Crippen MR) is 52.6 cm³/mol. The summed E-state index contributed by atoms with van der Waals surface area (Å²) in [5.41, 5.74) is 0.275. The normalized spacial score (nSPS) is 10.4. The smallest absolute Gasteiger partial charge is 0.257 e. The van der Waals surface area contributed by atoms with Gasteiger partial charge in [-0.25, -0.2) is 4.98 Å². The summed E-state index contributed by atoms with van der Waals surface area (Å²) in [5.74, 6) is -0.102. The van der Waals surface area contributed by atoms with Crippen LogP contribution in [0.25, 0.3) is 6.08 Å². The van der Waals surface area contributed by atoms with Crippen LogP contribution in [0.15, 0.2) is 23.4 Å². The van der Waals surface area contributed by atoms with Gasteiger partial charge in [-0.15, -0.1) is 0 Å². The molecule has 14 heavy (non-hydrogen) atoms. The molecule has 1 aromatic heterocycles. The standard InChI is InChI=1S/C9H11N3O2/c1-7(13)11-4-2-3-8-5-10-6-12-9(8)14/h2-3,5-6H,4H2,1H3,(H,11,13)(H,10,12,14). The lowest BCUT2D eigenvalue weighted by Crippen LogP contribution is -2.19. The number of hydrogen-bond acceptors (Lipinski definition) is 3. The molecule has 1 heterocycles. The fraction of sp³-hybridized carbons (Fsp3) is 0.222. The molecule has 0 saturated heterocycles. The van der Waals surface area contributed by atoms with Gasteiger partial charge in [-0.2, -0.15) is 0 Å². The Labute approximate surface area is 80.9 Å². The quantitative estimate of drug-likeness (QED) is 0.705. The van der Waals surface area contributed by atoms with Crippen LogP contribution in [-0.2, 0) is 4.79 Å². The van der Waals surface area contributed by atoms with Crippen molar-refractivity contribution in [2.75, 3.05) is 6.54 Å². The maximum atomic E-state index is 11.1. The van der Waals surface area contributed by atoms with Crippen LogP contribution < -0.4 is 10.9 Å². The van der Waals surface area contributed by atoms with Crippen molar-refractivity contribution >= 4 is 12.0 Å². The number of nitrogens with one attached hydrogen (secondary N) is 2. The molecule has 5 heteroatoms. The van der Waals surface area contributed by atoms with Crippen LogP contribution in [0.5, 0.6) is 0 Å². The van der Waals surface area contributed by atoms with E-state index < -0.39 is 0 Å². The second-order valence-corrected chi connectivity index (χ2v) is 2.68. The Kier molecular flexibility index (Phi) is 3.60. The molecule has 74 valence electrons. The van der Waals surface area contributed by atoms with Gasteiger partial charge in [0, 0.05) is 19.7 Å². The topological polar surface area (TPSA) is 74.8 Å². The third-order valence-electron chi connectivity index (χ3n) is 1.51. The molecule has 0 aliphatic rings. The zero-order chi connectivity index (χ0) is 10.4. The van der Waals surface area contributed by atoms with Gasteiger partial charge in [0.15, 0.2) is 0 Å². The second kappa shape index (κ2) is 4.96. The maximum absolute atomic E-state index is 11.1. The van der Waals surface area contributed by atoms with Gasteiger partial charge in [-0.3, -0.25) is 9.59 Å². The van der Waals surface area contributed by atoms with E-state index in [0.717, 1.165) is 0 Å². The Morgan fingerprint density at radius 3 is 3.14 bits per heavy atom. The molecule has 0 spiro atoms. The van der Waals surface area contributed by atoms with E-state index in [-0.39, 0.29) is 11.5 Å². The van der Waals surface area contributed by atoms with E-state index in [2.05, 4.69) is 15.3 Å². The predicted octanol–water partition coefficient (Wildman–Crippen LogP) is -0.0808. The van der Waals surface area contributed by atoms with Gasteiger partial charge in [-0.05, 0) is 0 Å². The van der Waals surface area contributed by atoms with Crippen LogP contribution in [-0.4, -0.2) is 22.4 Å². The average molecular weight is 193 g/mol. The fourth-order valence-corrected chi connectivity index (χ4v) is 0.863. The van der Waals surface area contributed by atoms with Gasteiger partial charge in [0.25, 0.3) is 5.56 Å². The summed E-state index contributed by atoms with van der Waals surface area (Å²) in [7, 11) is 0. The largest absolute Gasteiger partial charge is 0.353 e. The molecule has 0 aromatic carbocycles. The van der Waals surface area contributed by atoms with E-state index in [1.807, 2.05) is 0 Å². The first-order chi connectivity index (χ1) is 6.70. The first-order valence-corrected chi connectivity index (χ1v) is 4.14. The second-order valence-electron chi connectivity index (χ2n) is 2.68. The number of nitrogens with zero attached hydrogens (tertiary/aromatic N) is 1. The van der Waals surface area contributed by atoms with Crippen molar-refractivity contribution in [1.29, 1.82) is 0 Å². The number of carbonyl (C=O) groups is 1. The minimum absolute atomic E-state index is 0.102. The van der Waals surface area contributed by atoms with E-state index >= 15 is 0 Å². The summed E-state index contributed by atoms with van der Waals surface area (Å²) < 4.78 is 0. The first-order valence-electron chi connectivity index (χ1n) is 4.14. The molecule has 0 saturated carbocycles. The molecule has 1 rings (SSSR count). The molecule has 1 aromatic rings. The Hall–Kier alpha value is -1.91. The fourth-order valence-electron chi connectivity index (χ4n) is 0.863. The zero-order valence-corrected chi connectivity index (χ0v) is 7.78. The van der Waals surface area contributed by atoms with Gasteiger partial charge < -0.3 is 10.3 Å². The lowest BCUT2D eigenvalue weighted by molar-refractivity contribution is -0.118. The highest BCUT2D eigenvalue weighted by atomic mass is 16.1. The van der Waals surface area contributed by atoms with Crippen LogP contribution in [0.2, 0.25) is 0 Å². The molecule has 0 aliphatic carbocycles. The van der Waals surface area contributed by atoms with Crippen molar-refractivity contribution in [3.63, 3.8) is 0 Å². The van der Waals surface area contributed by atoms with Crippen molar-refractivity contribution in [3.8, 4) is 0 Å². The molecule has 2 N–H and O–H groups in total. The molecule has 0 aliphatic heterocycles. The molecule has 0 fully saturated rings. The number of aromatic amines is 1. The molecule has 5 nitrogen and oxygen atoms in total. The Morgan fingerprint density at radius 2 is 2.50 bits per heavy atom. The third kappa shape index (κ3) is 3.22. The van der Waals surface area contributed by atoms with E-state index in [4.69, 9.17) is 0 Å². The Bertz CT molecular complexity index is 395. The summed E-state index contributed by atoms with van der Waals surface area (Å²) in [6.07, 6.45) is 6.09. The van der Waals surface area contributed by atoms with E-state index in [1.54, 1.807) is 12.2 Å². The van der Waals surface area contributed by atoms with Gasteiger partial charge >= 0.3 is 0 Å². The highest BCUT2D eigenvalue weighted by Crippen LogP contribution is 1.88. The molecule has 0 atom stereocenters. The lowest BCUT2D eigenvalue weighted by Gasteiger charge is -1.94. The SMILES string of the molecule is CC(=O)NCC=Cc1cnc[nH]c1=O. The molecule has 0 radical (unpaired) electrons. The number of amides is 1. The molecular weight excluding hydrogens is 182 g/mol. The van der Waals surface area contributed by atoms with Crippen LogP contribution in [0.3, 0.4) is 0 Å². The molecule has 1 amide bonds. The minimum Gasteiger partial charge on any atom is -0.353 e. The van der Waals surface area contributed by atoms with Gasteiger partial charge in [0.2, 0.25) is 5.91 Å². The summed E-state index contributed by atoms with van der Waals surface area (Å²) in [4.78, 5) is 27.8. The molecule has 0 bridgehead atoms.